The number of carboxylic acid groups (broad SMARTS) is 1. The van der Waals surface area contributed by atoms with Gasteiger partial charge in [0.15, 0.2) is 10.0 Å². The number of carbonyl (C=O) groups is 2. The Morgan fingerprint density at radius 1 is 1.39 bits per heavy atom. The summed E-state index contributed by atoms with van der Waals surface area (Å²) in [5.74, 6) is -0.0603. The second-order valence-corrected chi connectivity index (χ2v) is 9.14. The van der Waals surface area contributed by atoms with E-state index in [1.54, 1.807) is 5.38 Å². The molecule has 2 saturated heterocycles. The molecule has 10 heteroatoms. The van der Waals surface area contributed by atoms with E-state index in [0.29, 0.717) is 13.0 Å². The Labute approximate surface area is 173 Å². The van der Waals surface area contributed by atoms with Crippen molar-refractivity contribution in [2.45, 2.75) is 29.6 Å². The number of likely N-dealkylation sites (tertiary alicyclic amines) is 1. The van der Waals surface area contributed by atoms with Crippen molar-refractivity contribution in [2.75, 3.05) is 58.2 Å². The van der Waals surface area contributed by atoms with Gasteiger partial charge in [-0.3, -0.25) is 9.69 Å². The second kappa shape index (κ2) is 11.1. The third kappa shape index (κ3) is 6.41. The molecule has 1 atom stereocenters. The molecule has 0 saturated carbocycles. The first kappa shape index (κ1) is 21.5. The average molecular weight is 429 g/mol. The third-order valence-electron chi connectivity index (χ3n) is 5.02. The summed E-state index contributed by atoms with van der Waals surface area (Å²) in [6.07, 6.45) is 2.62. The number of ether oxygens (including phenoxy) is 1. The van der Waals surface area contributed by atoms with Crippen LogP contribution in [-0.2, 0) is 9.53 Å². The summed E-state index contributed by atoms with van der Waals surface area (Å²) in [6, 6.07) is 0.252. The number of carboxylic acids is 1. The van der Waals surface area contributed by atoms with Gasteiger partial charge in [0, 0.05) is 49.8 Å². The fourth-order valence-corrected chi connectivity index (χ4v) is 5.30. The summed E-state index contributed by atoms with van der Waals surface area (Å²) in [5.41, 5.74) is 0.0869. The van der Waals surface area contributed by atoms with Crippen molar-refractivity contribution >= 4 is 35.0 Å². The van der Waals surface area contributed by atoms with Gasteiger partial charge in [-0.15, -0.1) is 11.3 Å². The smallest absolute Gasteiger partial charge is 0.355 e. The fourth-order valence-electron chi connectivity index (χ4n) is 3.49. The molecule has 1 aromatic rings. The highest BCUT2D eigenvalue weighted by atomic mass is 32.2. The minimum Gasteiger partial charge on any atom is -0.476 e. The van der Waals surface area contributed by atoms with Gasteiger partial charge in [0.25, 0.3) is 0 Å². The molecule has 2 aliphatic heterocycles. The number of hydrogen-bond acceptors (Lipinski definition) is 8. The van der Waals surface area contributed by atoms with E-state index in [1.807, 2.05) is 4.90 Å². The zero-order chi connectivity index (χ0) is 19.8. The van der Waals surface area contributed by atoms with Crippen LogP contribution in [0.15, 0.2) is 9.72 Å². The molecule has 2 fully saturated rings. The molecule has 28 heavy (non-hydrogen) atoms. The Hall–Kier alpha value is -1.20. The Morgan fingerprint density at radius 3 is 2.96 bits per heavy atom. The molecule has 1 amide bonds. The van der Waals surface area contributed by atoms with Crippen LogP contribution in [0, 0.1) is 0 Å². The number of rotatable bonds is 11. The molecule has 8 nitrogen and oxygen atoms in total. The van der Waals surface area contributed by atoms with Crippen LogP contribution in [0.25, 0.3) is 0 Å². The van der Waals surface area contributed by atoms with Crippen molar-refractivity contribution in [3.8, 4) is 0 Å². The van der Waals surface area contributed by atoms with E-state index < -0.39 is 5.97 Å². The van der Waals surface area contributed by atoms with Gasteiger partial charge in [0.2, 0.25) is 5.91 Å². The molecule has 3 heterocycles. The molecule has 0 bridgehead atoms. The number of morpholine rings is 1. The molecular weight excluding hydrogens is 400 g/mol. The third-order valence-corrected chi connectivity index (χ3v) is 7.03. The Balaban J connectivity index is 1.32. The van der Waals surface area contributed by atoms with E-state index in [1.165, 1.54) is 23.1 Å². The average Bonchev–Trinajstić information content (AvgIpc) is 3.30. The van der Waals surface area contributed by atoms with Crippen molar-refractivity contribution in [3.63, 3.8) is 0 Å². The highest BCUT2D eigenvalue weighted by Crippen LogP contribution is 2.24. The van der Waals surface area contributed by atoms with Gasteiger partial charge < -0.3 is 20.1 Å². The number of hydrogen-bond donors (Lipinski definition) is 2. The molecule has 2 aliphatic rings. The fraction of sp³-hybridized carbons (Fsp3) is 0.722. The zero-order valence-corrected chi connectivity index (χ0v) is 17.6. The zero-order valence-electron chi connectivity index (χ0n) is 16.0. The number of carbonyl (C=O) groups excluding carboxylic acids is 1. The molecule has 0 aliphatic carbocycles. The van der Waals surface area contributed by atoms with Crippen LogP contribution in [-0.4, -0.2) is 96.0 Å². The maximum Gasteiger partial charge on any atom is 0.355 e. The van der Waals surface area contributed by atoms with Crippen molar-refractivity contribution < 1.29 is 19.4 Å². The largest absolute Gasteiger partial charge is 0.476 e. The first-order valence-electron chi connectivity index (χ1n) is 9.75. The van der Waals surface area contributed by atoms with Gasteiger partial charge >= 0.3 is 5.97 Å². The number of aromatic carboxylic acids is 1. The lowest BCUT2D eigenvalue weighted by Gasteiger charge is -2.27. The van der Waals surface area contributed by atoms with Gasteiger partial charge in [-0.2, -0.15) is 0 Å². The minimum atomic E-state index is -1.00. The Kier molecular flexibility index (Phi) is 8.53. The van der Waals surface area contributed by atoms with Crippen LogP contribution >= 0.6 is 23.1 Å². The minimum absolute atomic E-state index is 0.0869. The number of nitrogens with zero attached hydrogens (tertiary/aromatic N) is 3. The Bertz CT molecular complexity index is 651. The van der Waals surface area contributed by atoms with Crippen molar-refractivity contribution in [1.29, 1.82) is 0 Å². The monoisotopic (exact) mass is 428 g/mol. The first-order chi connectivity index (χ1) is 13.6. The molecule has 0 radical (unpaired) electrons. The van der Waals surface area contributed by atoms with E-state index in [0.717, 1.165) is 68.9 Å². The van der Waals surface area contributed by atoms with Crippen LogP contribution < -0.4 is 5.32 Å². The molecule has 1 aromatic heterocycles. The molecule has 0 aromatic carbocycles. The van der Waals surface area contributed by atoms with Crippen LogP contribution in [0.3, 0.4) is 0 Å². The van der Waals surface area contributed by atoms with E-state index in [2.05, 4.69) is 15.2 Å². The quantitative estimate of drug-likeness (QED) is 0.402. The van der Waals surface area contributed by atoms with Gasteiger partial charge in [0.05, 0.1) is 13.2 Å². The Morgan fingerprint density at radius 2 is 2.21 bits per heavy atom. The standard InChI is InChI=1S/C18H28N4O4S2/c23-16-3-2-14(12-19-4-1-5-21-6-9-26-10-7-21)22(16)8-11-27-18-20-15(13-28-18)17(24)25/h13-14,19H,1-12H2,(H,24,25). The van der Waals surface area contributed by atoms with E-state index in [9.17, 15) is 9.59 Å². The van der Waals surface area contributed by atoms with Crippen LogP contribution in [0.4, 0.5) is 0 Å². The number of amides is 1. The molecule has 156 valence electrons. The highest BCUT2D eigenvalue weighted by molar-refractivity contribution is 8.01. The lowest BCUT2D eigenvalue weighted by atomic mass is 10.2. The predicted molar refractivity (Wildman–Crippen MR) is 109 cm³/mol. The summed E-state index contributed by atoms with van der Waals surface area (Å²) in [7, 11) is 0. The lowest BCUT2D eigenvalue weighted by Crippen LogP contribution is -2.42. The number of aromatic nitrogens is 1. The molecule has 3 rings (SSSR count). The first-order valence-corrected chi connectivity index (χ1v) is 11.6. The van der Waals surface area contributed by atoms with Crippen LogP contribution in [0.5, 0.6) is 0 Å². The number of thioether (sulfide) groups is 1. The summed E-state index contributed by atoms with van der Waals surface area (Å²) >= 11 is 2.85. The molecule has 0 spiro atoms. The summed E-state index contributed by atoms with van der Waals surface area (Å²) in [4.78, 5) is 31.6. The van der Waals surface area contributed by atoms with E-state index >= 15 is 0 Å². The number of nitrogens with one attached hydrogen (secondary N) is 1. The van der Waals surface area contributed by atoms with Crippen molar-refractivity contribution in [2.24, 2.45) is 0 Å². The van der Waals surface area contributed by atoms with Gasteiger partial charge in [0.1, 0.15) is 0 Å². The highest BCUT2D eigenvalue weighted by Gasteiger charge is 2.30. The predicted octanol–water partition coefficient (Wildman–Crippen LogP) is 1.24. The van der Waals surface area contributed by atoms with Crippen LogP contribution in [0.1, 0.15) is 29.8 Å². The second-order valence-electron chi connectivity index (χ2n) is 6.94. The summed E-state index contributed by atoms with van der Waals surface area (Å²) < 4.78 is 6.10. The topological polar surface area (TPSA) is 95.0 Å². The van der Waals surface area contributed by atoms with E-state index in [4.69, 9.17) is 9.84 Å². The SMILES string of the molecule is O=C(O)c1csc(SCCN2C(=O)CCC2CNCCCN2CCOCC2)n1. The van der Waals surface area contributed by atoms with Gasteiger partial charge in [-0.1, -0.05) is 11.8 Å². The van der Waals surface area contributed by atoms with E-state index in [-0.39, 0.29) is 17.6 Å². The normalized spacial score (nSPS) is 20.8. The van der Waals surface area contributed by atoms with Crippen molar-refractivity contribution in [3.05, 3.63) is 11.1 Å². The molecule has 1 unspecified atom stereocenters. The van der Waals surface area contributed by atoms with Crippen molar-refractivity contribution in [1.82, 2.24) is 20.1 Å². The summed E-state index contributed by atoms with van der Waals surface area (Å²) in [5, 5.41) is 14.0. The van der Waals surface area contributed by atoms with Crippen LogP contribution in [0.2, 0.25) is 0 Å². The maximum atomic E-state index is 12.2. The summed E-state index contributed by atoms with van der Waals surface area (Å²) in [6.45, 7) is 7.28. The van der Waals surface area contributed by atoms with Gasteiger partial charge in [-0.25, -0.2) is 9.78 Å². The maximum absolute atomic E-state index is 12.2. The molecule has 2 N–H and O–H groups in total. The number of thiazole rings is 1. The lowest BCUT2D eigenvalue weighted by molar-refractivity contribution is -0.128. The molecular formula is C18H28N4O4S2. The van der Waals surface area contributed by atoms with Gasteiger partial charge in [-0.05, 0) is 25.9 Å².